The number of piperidine rings is 1. The molecule has 1 amide bonds. The van der Waals surface area contributed by atoms with Gasteiger partial charge in [-0.05, 0) is 43.2 Å². The van der Waals surface area contributed by atoms with Gasteiger partial charge >= 0.3 is 5.97 Å². The van der Waals surface area contributed by atoms with Gasteiger partial charge in [-0.1, -0.05) is 20.8 Å². The molecule has 1 heterocycles. The van der Waals surface area contributed by atoms with Gasteiger partial charge in [0.05, 0.1) is 10.5 Å². The Kier molecular flexibility index (Phi) is 7.78. The number of ether oxygens (including phenoxy) is 1. The van der Waals surface area contributed by atoms with E-state index in [1.807, 2.05) is 18.7 Å². The Balaban J connectivity index is 2.01. The predicted octanol–water partition coefficient (Wildman–Crippen LogP) is 3.15. The summed E-state index contributed by atoms with van der Waals surface area (Å²) >= 11 is 0. The van der Waals surface area contributed by atoms with E-state index in [4.69, 9.17) is 4.74 Å². The minimum absolute atomic E-state index is 0.0653. The first-order valence-electron chi connectivity index (χ1n) is 9.75. The van der Waals surface area contributed by atoms with Gasteiger partial charge in [0.25, 0.3) is 11.6 Å². The van der Waals surface area contributed by atoms with Crippen molar-refractivity contribution in [2.45, 2.75) is 40.0 Å². The molecule has 154 valence electrons. The monoisotopic (exact) mass is 391 g/mol. The molecule has 1 aromatic carbocycles. The first-order chi connectivity index (χ1) is 13.3. The fourth-order valence-electron chi connectivity index (χ4n) is 3.24. The second-order valence-corrected chi connectivity index (χ2v) is 7.76. The number of nitro groups is 1. The number of carbonyl (C=O) groups is 2. The maximum Gasteiger partial charge on any atom is 0.338 e. The maximum atomic E-state index is 12.2. The van der Waals surface area contributed by atoms with Crippen LogP contribution >= 0.6 is 0 Å². The topological polar surface area (TPSA) is 102 Å². The summed E-state index contributed by atoms with van der Waals surface area (Å²) in [4.78, 5) is 37.0. The standard InChI is InChI=1S/C20H29N3O5/c1-14(2)8-9-21-19(24)13-28-20(25)16-6-7-17(18(11-16)23(26)27)22-10-4-5-15(3)12-22/h6-7,11,14-15H,4-5,8-10,12-13H2,1-3H3,(H,21,24)/t15-/m0/s1. The van der Waals surface area contributed by atoms with Crippen molar-refractivity contribution >= 4 is 23.3 Å². The van der Waals surface area contributed by atoms with Crippen LogP contribution in [0.3, 0.4) is 0 Å². The Labute approximate surface area is 165 Å². The minimum atomic E-state index is -0.749. The van der Waals surface area contributed by atoms with Crippen LogP contribution in [0.2, 0.25) is 0 Å². The van der Waals surface area contributed by atoms with Gasteiger partial charge in [-0.15, -0.1) is 0 Å². The number of hydrogen-bond acceptors (Lipinski definition) is 6. The second-order valence-electron chi connectivity index (χ2n) is 7.76. The summed E-state index contributed by atoms with van der Waals surface area (Å²) in [5, 5.41) is 14.2. The summed E-state index contributed by atoms with van der Waals surface area (Å²) in [7, 11) is 0. The molecule has 1 fully saturated rings. The Morgan fingerprint density at radius 2 is 2.14 bits per heavy atom. The summed E-state index contributed by atoms with van der Waals surface area (Å²) in [5.41, 5.74) is 0.458. The summed E-state index contributed by atoms with van der Waals surface area (Å²) in [6, 6.07) is 4.34. The van der Waals surface area contributed by atoms with Crippen LogP contribution in [-0.2, 0) is 9.53 Å². The van der Waals surface area contributed by atoms with E-state index in [9.17, 15) is 19.7 Å². The van der Waals surface area contributed by atoms with E-state index in [2.05, 4.69) is 12.2 Å². The fourth-order valence-corrected chi connectivity index (χ4v) is 3.24. The van der Waals surface area contributed by atoms with Crippen LogP contribution in [0.1, 0.15) is 50.4 Å². The molecule has 0 saturated carbocycles. The van der Waals surface area contributed by atoms with Gasteiger partial charge in [0.15, 0.2) is 6.61 Å². The van der Waals surface area contributed by atoms with Crippen molar-refractivity contribution in [1.82, 2.24) is 5.32 Å². The Hall–Kier alpha value is -2.64. The number of benzene rings is 1. The third kappa shape index (κ3) is 6.21. The molecule has 0 radical (unpaired) electrons. The van der Waals surface area contributed by atoms with Crippen molar-refractivity contribution < 1.29 is 19.2 Å². The van der Waals surface area contributed by atoms with E-state index >= 15 is 0 Å². The molecule has 0 spiro atoms. The first kappa shape index (κ1) is 21.7. The van der Waals surface area contributed by atoms with Gasteiger partial charge in [0.1, 0.15) is 5.69 Å². The summed E-state index contributed by atoms with van der Waals surface area (Å²) in [6.45, 7) is 7.84. The first-order valence-corrected chi connectivity index (χ1v) is 9.75. The van der Waals surface area contributed by atoms with Gasteiger partial charge in [-0.25, -0.2) is 4.79 Å². The molecule has 1 aliphatic rings. The van der Waals surface area contributed by atoms with Crippen LogP contribution < -0.4 is 10.2 Å². The number of hydrogen-bond donors (Lipinski definition) is 1. The number of nitro benzene ring substituents is 1. The Bertz CT molecular complexity index is 720. The van der Waals surface area contributed by atoms with E-state index in [1.54, 1.807) is 6.07 Å². The molecule has 1 aliphatic heterocycles. The van der Waals surface area contributed by atoms with Crippen molar-refractivity contribution in [3.8, 4) is 0 Å². The second kappa shape index (κ2) is 10.1. The normalized spacial score (nSPS) is 16.7. The number of amides is 1. The molecule has 1 atom stereocenters. The molecule has 2 rings (SSSR count). The lowest BCUT2D eigenvalue weighted by Crippen LogP contribution is -2.34. The number of esters is 1. The fraction of sp³-hybridized carbons (Fsp3) is 0.600. The zero-order valence-electron chi connectivity index (χ0n) is 16.8. The van der Waals surface area contributed by atoms with Crippen molar-refractivity contribution in [2.75, 3.05) is 31.1 Å². The van der Waals surface area contributed by atoms with E-state index in [0.29, 0.717) is 24.1 Å². The molecule has 0 aliphatic carbocycles. The Morgan fingerprint density at radius 3 is 2.79 bits per heavy atom. The molecule has 1 saturated heterocycles. The van der Waals surface area contributed by atoms with Crippen LogP contribution in [0.25, 0.3) is 0 Å². The van der Waals surface area contributed by atoms with E-state index in [0.717, 1.165) is 32.4 Å². The van der Waals surface area contributed by atoms with Crippen molar-refractivity contribution in [2.24, 2.45) is 11.8 Å². The van der Waals surface area contributed by atoms with Gasteiger partial charge in [-0.3, -0.25) is 14.9 Å². The van der Waals surface area contributed by atoms with Crippen molar-refractivity contribution in [3.63, 3.8) is 0 Å². The quantitative estimate of drug-likeness (QED) is 0.415. The largest absolute Gasteiger partial charge is 0.452 e. The van der Waals surface area contributed by atoms with Crippen LogP contribution in [-0.4, -0.2) is 43.0 Å². The highest BCUT2D eigenvalue weighted by atomic mass is 16.6. The van der Waals surface area contributed by atoms with E-state index in [-0.39, 0.29) is 17.2 Å². The van der Waals surface area contributed by atoms with Gasteiger partial charge in [0.2, 0.25) is 0 Å². The zero-order chi connectivity index (χ0) is 20.7. The van der Waals surface area contributed by atoms with Crippen molar-refractivity contribution in [3.05, 3.63) is 33.9 Å². The highest BCUT2D eigenvalue weighted by Gasteiger charge is 2.25. The minimum Gasteiger partial charge on any atom is -0.452 e. The number of nitrogens with one attached hydrogen (secondary N) is 1. The highest BCUT2D eigenvalue weighted by molar-refractivity contribution is 5.93. The van der Waals surface area contributed by atoms with Crippen molar-refractivity contribution in [1.29, 1.82) is 0 Å². The maximum absolute atomic E-state index is 12.2. The summed E-state index contributed by atoms with van der Waals surface area (Å²) < 4.78 is 5.00. The molecular formula is C20H29N3O5. The molecule has 0 bridgehead atoms. The molecule has 1 N–H and O–H groups in total. The highest BCUT2D eigenvalue weighted by Crippen LogP contribution is 2.32. The molecular weight excluding hydrogens is 362 g/mol. The third-order valence-corrected chi connectivity index (χ3v) is 4.78. The number of anilines is 1. The summed E-state index contributed by atoms with van der Waals surface area (Å²) in [5.74, 6) is -0.208. The molecule has 0 aromatic heterocycles. The van der Waals surface area contributed by atoms with E-state index in [1.165, 1.54) is 12.1 Å². The zero-order valence-corrected chi connectivity index (χ0v) is 16.8. The molecule has 8 nitrogen and oxygen atoms in total. The lowest BCUT2D eigenvalue weighted by molar-refractivity contribution is -0.384. The SMILES string of the molecule is CC(C)CCNC(=O)COC(=O)c1ccc(N2CCC[C@H](C)C2)c([N+](=O)[O-])c1. The number of nitrogens with zero attached hydrogens (tertiary/aromatic N) is 2. The average Bonchev–Trinajstić information content (AvgIpc) is 2.65. The molecule has 8 heteroatoms. The summed E-state index contributed by atoms with van der Waals surface area (Å²) in [6.07, 6.45) is 2.92. The van der Waals surface area contributed by atoms with Crippen LogP contribution in [0.4, 0.5) is 11.4 Å². The Morgan fingerprint density at radius 1 is 1.39 bits per heavy atom. The molecule has 0 unspecified atom stereocenters. The third-order valence-electron chi connectivity index (χ3n) is 4.78. The molecule has 1 aromatic rings. The molecule has 28 heavy (non-hydrogen) atoms. The van der Waals surface area contributed by atoms with Gasteiger partial charge < -0.3 is 15.0 Å². The van der Waals surface area contributed by atoms with Gasteiger partial charge in [-0.2, -0.15) is 0 Å². The van der Waals surface area contributed by atoms with Crippen LogP contribution in [0.5, 0.6) is 0 Å². The van der Waals surface area contributed by atoms with Crippen LogP contribution in [0, 0.1) is 22.0 Å². The number of carbonyl (C=O) groups excluding carboxylic acids is 2. The number of rotatable bonds is 8. The average molecular weight is 391 g/mol. The smallest absolute Gasteiger partial charge is 0.338 e. The van der Waals surface area contributed by atoms with E-state index < -0.39 is 17.5 Å². The predicted molar refractivity (Wildman–Crippen MR) is 106 cm³/mol. The van der Waals surface area contributed by atoms with Gasteiger partial charge in [0, 0.05) is 25.7 Å². The van der Waals surface area contributed by atoms with Crippen LogP contribution in [0.15, 0.2) is 18.2 Å². The lowest BCUT2D eigenvalue weighted by Gasteiger charge is -2.32. The lowest BCUT2D eigenvalue weighted by atomic mass is 9.99.